The van der Waals surface area contributed by atoms with Gasteiger partial charge in [-0.1, -0.05) is 91.2 Å². The van der Waals surface area contributed by atoms with Gasteiger partial charge < -0.3 is 0 Å². The molecular formula is C23H42. The van der Waals surface area contributed by atoms with Gasteiger partial charge in [0.1, 0.15) is 0 Å². The third-order valence-electron chi connectivity index (χ3n) is 4.72. The average Bonchev–Trinajstić information content (AvgIpc) is 2.43. The molecule has 0 aliphatic heterocycles. The van der Waals surface area contributed by atoms with E-state index >= 15 is 0 Å². The van der Waals surface area contributed by atoms with Crippen LogP contribution in [0.5, 0.6) is 0 Å². The van der Waals surface area contributed by atoms with Crippen LogP contribution in [0.1, 0.15) is 93.4 Å². The van der Waals surface area contributed by atoms with Crippen molar-refractivity contribution in [3.05, 3.63) is 36.5 Å². The van der Waals surface area contributed by atoms with Gasteiger partial charge in [-0.2, -0.15) is 0 Å². The lowest BCUT2D eigenvalue weighted by Crippen LogP contribution is -2.10. The fourth-order valence-corrected chi connectivity index (χ4v) is 2.73. The molecule has 0 unspecified atom stereocenters. The van der Waals surface area contributed by atoms with Crippen molar-refractivity contribution >= 4 is 0 Å². The summed E-state index contributed by atoms with van der Waals surface area (Å²) in [4.78, 5) is 0. The lowest BCUT2D eigenvalue weighted by atomic mass is 9.82. The van der Waals surface area contributed by atoms with Crippen LogP contribution in [0.25, 0.3) is 0 Å². The molecule has 134 valence electrons. The molecule has 0 heteroatoms. The smallest absolute Gasteiger partial charge is 0.0277 e. The first kappa shape index (κ1) is 22.2. The highest BCUT2D eigenvalue weighted by molar-refractivity contribution is 5.19. The lowest BCUT2D eigenvalue weighted by Gasteiger charge is -2.23. The van der Waals surface area contributed by atoms with E-state index < -0.39 is 0 Å². The van der Waals surface area contributed by atoms with Gasteiger partial charge in [0.25, 0.3) is 0 Å². The van der Waals surface area contributed by atoms with Crippen LogP contribution in [0.3, 0.4) is 0 Å². The largest absolute Gasteiger partial charge is 0.103 e. The van der Waals surface area contributed by atoms with Crippen molar-refractivity contribution in [2.75, 3.05) is 0 Å². The first-order chi connectivity index (χ1) is 10.6. The second-order valence-electron chi connectivity index (χ2n) is 9.02. The Morgan fingerprint density at radius 3 is 2.09 bits per heavy atom. The minimum Gasteiger partial charge on any atom is -0.103 e. The molecule has 0 radical (unpaired) electrons. The van der Waals surface area contributed by atoms with E-state index in [1.807, 2.05) is 0 Å². The molecule has 0 aromatic rings. The minimum absolute atomic E-state index is 0.355. The zero-order valence-corrected chi connectivity index (χ0v) is 17.0. The van der Waals surface area contributed by atoms with E-state index in [0.717, 1.165) is 18.8 Å². The van der Waals surface area contributed by atoms with Crippen molar-refractivity contribution in [3.8, 4) is 0 Å². The van der Waals surface area contributed by atoms with E-state index in [1.165, 1.54) is 37.7 Å². The molecule has 0 saturated carbocycles. The van der Waals surface area contributed by atoms with Crippen molar-refractivity contribution in [2.24, 2.45) is 16.7 Å². The Morgan fingerprint density at radius 2 is 1.61 bits per heavy atom. The zero-order valence-electron chi connectivity index (χ0n) is 17.0. The van der Waals surface area contributed by atoms with Crippen molar-refractivity contribution < 1.29 is 0 Å². The Labute approximate surface area is 147 Å². The summed E-state index contributed by atoms with van der Waals surface area (Å²) in [7, 11) is 0. The molecule has 0 rings (SSSR count). The first-order valence-corrected chi connectivity index (χ1v) is 9.60. The average molecular weight is 319 g/mol. The molecule has 0 amide bonds. The minimum atomic E-state index is 0.355. The molecule has 0 aromatic carbocycles. The van der Waals surface area contributed by atoms with Gasteiger partial charge in [-0.25, -0.2) is 0 Å². The Kier molecular flexibility index (Phi) is 10.5. The molecule has 0 aromatic heterocycles. The third kappa shape index (κ3) is 12.3. The van der Waals surface area contributed by atoms with Crippen LogP contribution in [0.4, 0.5) is 0 Å². The second kappa shape index (κ2) is 10.9. The summed E-state index contributed by atoms with van der Waals surface area (Å²) in [5.74, 6) is 0.835. The molecule has 0 bridgehead atoms. The molecule has 0 fully saturated rings. The van der Waals surface area contributed by atoms with Crippen LogP contribution < -0.4 is 0 Å². The highest BCUT2D eigenvalue weighted by Gasteiger charge is 2.16. The number of hydrogen-bond donors (Lipinski definition) is 0. The maximum Gasteiger partial charge on any atom is -0.0277 e. The van der Waals surface area contributed by atoms with Gasteiger partial charge in [-0.3, -0.25) is 0 Å². The van der Waals surface area contributed by atoms with Gasteiger partial charge in [0.05, 0.1) is 0 Å². The lowest BCUT2D eigenvalue weighted by molar-refractivity contribution is 0.340. The molecule has 0 aliphatic carbocycles. The van der Waals surface area contributed by atoms with E-state index in [0.29, 0.717) is 10.8 Å². The molecular weight excluding hydrogens is 276 g/mol. The van der Waals surface area contributed by atoms with Gasteiger partial charge in [-0.05, 0) is 48.9 Å². The molecule has 0 atom stereocenters. The molecule has 23 heavy (non-hydrogen) atoms. The second-order valence-corrected chi connectivity index (χ2v) is 9.02. The Morgan fingerprint density at radius 1 is 1.00 bits per heavy atom. The van der Waals surface area contributed by atoms with Gasteiger partial charge in [0.2, 0.25) is 0 Å². The summed E-state index contributed by atoms with van der Waals surface area (Å²) in [6.07, 6.45) is 17.8. The van der Waals surface area contributed by atoms with Crippen LogP contribution >= 0.6 is 0 Å². The van der Waals surface area contributed by atoms with E-state index in [-0.39, 0.29) is 0 Å². The Balaban J connectivity index is 4.85. The summed E-state index contributed by atoms with van der Waals surface area (Å²) in [6.45, 7) is 20.1. The standard InChI is InChI=1S/C23H42/c1-9-17-23(7,8)19-16-21(13-12-18-22(4,5)6)15-14-20(10-2)11-3/h9,12-13,15,20H,1,10-11,14,16-19H2,2-8H3. The molecule has 0 saturated heterocycles. The Bertz CT molecular complexity index is 369. The summed E-state index contributed by atoms with van der Waals surface area (Å²) in [5, 5.41) is 0. The topological polar surface area (TPSA) is 0 Å². The van der Waals surface area contributed by atoms with E-state index in [2.05, 4.69) is 79.3 Å². The monoisotopic (exact) mass is 318 g/mol. The maximum atomic E-state index is 3.90. The van der Waals surface area contributed by atoms with Crippen LogP contribution in [-0.4, -0.2) is 0 Å². The molecule has 0 aliphatic rings. The fraction of sp³-hybridized carbons (Fsp3) is 0.739. The highest BCUT2D eigenvalue weighted by Crippen LogP contribution is 2.30. The SMILES string of the molecule is C=CCC(C)(C)CCC(C=CCC(C)(C)C)=CCC(CC)CC. The number of rotatable bonds is 11. The third-order valence-corrected chi connectivity index (χ3v) is 4.72. The fourth-order valence-electron chi connectivity index (χ4n) is 2.73. The van der Waals surface area contributed by atoms with Gasteiger partial charge in [0.15, 0.2) is 0 Å². The van der Waals surface area contributed by atoms with Crippen LogP contribution in [0, 0.1) is 16.7 Å². The summed E-state index contributed by atoms with van der Waals surface area (Å²) in [6, 6.07) is 0. The normalized spacial score (nSPS) is 14.0. The summed E-state index contributed by atoms with van der Waals surface area (Å²) in [5.41, 5.74) is 2.26. The van der Waals surface area contributed by atoms with E-state index in [4.69, 9.17) is 0 Å². The predicted molar refractivity (Wildman–Crippen MR) is 108 cm³/mol. The molecule has 0 heterocycles. The van der Waals surface area contributed by atoms with Gasteiger partial charge in [-0.15, -0.1) is 6.58 Å². The van der Waals surface area contributed by atoms with Gasteiger partial charge in [0, 0.05) is 0 Å². The quantitative estimate of drug-likeness (QED) is 0.266. The number of hydrogen-bond acceptors (Lipinski definition) is 0. The predicted octanol–water partition coefficient (Wildman–Crippen LogP) is 8.11. The molecule has 0 N–H and O–H groups in total. The molecule has 0 spiro atoms. The van der Waals surface area contributed by atoms with Crippen molar-refractivity contribution in [3.63, 3.8) is 0 Å². The van der Waals surface area contributed by atoms with Crippen molar-refractivity contribution in [2.45, 2.75) is 93.4 Å². The van der Waals surface area contributed by atoms with Crippen LogP contribution in [0.2, 0.25) is 0 Å². The maximum absolute atomic E-state index is 3.90. The van der Waals surface area contributed by atoms with Crippen molar-refractivity contribution in [1.29, 1.82) is 0 Å². The van der Waals surface area contributed by atoms with Crippen molar-refractivity contribution in [1.82, 2.24) is 0 Å². The number of allylic oxidation sites excluding steroid dienone is 5. The van der Waals surface area contributed by atoms with E-state index in [9.17, 15) is 0 Å². The van der Waals surface area contributed by atoms with Gasteiger partial charge >= 0.3 is 0 Å². The zero-order chi connectivity index (χ0) is 17.9. The highest BCUT2D eigenvalue weighted by atomic mass is 14.2. The summed E-state index contributed by atoms with van der Waals surface area (Å²) >= 11 is 0. The van der Waals surface area contributed by atoms with Crippen LogP contribution in [-0.2, 0) is 0 Å². The Hall–Kier alpha value is -0.780. The molecule has 0 nitrogen and oxygen atoms in total. The summed E-state index contributed by atoms with van der Waals surface area (Å²) < 4.78 is 0. The van der Waals surface area contributed by atoms with Crippen LogP contribution in [0.15, 0.2) is 36.5 Å². The first-order valence-electron chi connectivity index (χ1n) is 9.60. The van der Waals surface area contributed by atoms with E-state index in [1.54, 1.807) is 0 Å².